The summed E-state index contributed by atoms with van der Waals surface area (Å²) in [6, 6.07) is 8.99. The molecule has 1 saturated heterocycles. The van der Waals surface area contributed by atoms with E-state index in [1.807, 2.05) is 6.92 Å². The lowest BCUT2D eigenvalue weighted by atomic mass is 10.1. The summed E-state index contributed by atoms with van der Waals surface area (Å²) in [4.78, 5) is 0. The maximum absolute atomic E-state index is 12.8. The predicted molar refractivity (Wildman–Crippen MR) is 93.9 cm³/mol. The number of hydrogen-bond acceptors (Lipinski definition) is 4. The van der Waals surface area contributed by atoms with Crippen molar-refractivity contribution in [2.75, 3.05) is 19.6 Å². The molecule has 1 N–H and O–H groups in total. The molecule has 1 aromatic rings. The van der Waals surface area contributed by atoms with Gasteiger partial charge in [0.25, 0.3) is 0 Å². The molecule has 0 spiro atoms. The third-order valence-corrected chi connectivity index (χ3v) is 5.82. The summed E-state index contributed by atoms with van der Waals surface area (Å²) < 4.78 is 27.3. The number of nitrogens with one attached hydrogen (secondary N) is 1. The van der Waals surface area contributed by atoms with Crippen molar-refractivity contribution in [1.82, 2.24) is 9.62 Å². The van der Waals surface area contributed by atoms with Crippen LogP contribution in [0.25, 0.3) is 0 Å². The fraction of sp³-hybridized carbons (Fsp3) is 0.562. The Morgan fingerprint density at radius 2 is 2.04 bits per heavy atom. The Bertz CT molecular complexity index is 637. The molecule has 7 heteroatoms. The molecular weight excluding hydrogens is 334 g/mol. The molecule has 5 nitrogen and oxygen atoms in total. The Kier molecular flexibility index (Phi) is 8.00. The van der Waals surface area contributed by atoms with Crippen LogP contribution in [0.15, 0.2) is 24.3 Å². The van der Waals surface area contributed by atoms with Crippen LogP contribution >= 0.6 is 12.4 Å². The van der Waals surface area contributed by atoms with Gasteiger partial charge in [0.2, 0.25) is 10.0 Å². The van der Waals surface area contributed by atoms with E-state index in [1.165, 1.54) is 0 Å². The highest BCUT2D eigenvalue weighted by molar-refractivity contribution is 7.88. The van der Waals surface area contributed by atoms with Gasteiger partial charge in [-0.1, -0.05) is 19.1 Å². The number of rotatable bonds is 6. The average molecular weight is 358 g/mol. The van der Waals surface area contributed by atoms with Crippen LogP contribution in [-0.4, -0.2) is 38.4 Å². The van der Waals surface area contributed by atoms with Gasteiger partial charge in [-0.05, 0) is 50.0 Å². The molecule has 0 atom stereocenters. The van der Waals surface area contributed by atoms with E-state index in [0.29, 0.717) is 17.7 Å². The highest BCUT2D eigenvalue weighted by atomic mass is 35.5. The molecule has 0 saturated carbocycles. The smallest absolute Gasteiger partial charge is 0.218 e. The second kappa shape index (κ2) is 9.24. The minimum absolute atomic E-state index is 0. The highest BCUT2D eigenvalue weighted by Crippen LogP contribution is 2.20. The molecule has 1 fully saturated rings. The zero-order chi connectivity index (χ0) is 16.0. The van der Waals surface area contributed by atoms with Crippen molar-refractivity contribution in [3.05, 3.63) is 35.4 Å². The van der Waals surface area contributed by atoms with E-state index in [-0.39, 0.29) is 24.2 Å². The van der Waals surface area contributed by atoms with E-state index < -0.39 is 10.0 Å². The van der Waals surface area contributed by atoms with Crippen molar-refractivity contribution in [3.63, 3.8) is 0 Å². The molecule has 2 rings (SSSR count). The molecule has 0 amide bonds. The van der Waals surface area contributed by atoms with Gasteiger partial charge in [-0.3, -0.25) is 0 Å². The number of hydrogen-bond donors (Lipinski definition) is 1. The van der Waals surface area contributed by atoms with Crippen molar-refractivity contribution >= 4 is 22.4 Å². The summed E-state index contributed by atoms with van der Waals surface area (Å²) in [5.74, 6) is -0.0353. The number of sulfonamides is 1. The van der Waals surface area contributed by atoms with Crippen molar-refractivity contribution in [3.8, 4) is 6.07 Å². The normalized spacial score (nSPS) is 15.9. The third-order valence-electron chi connectivity index (χ3n) is 3.92. The zero-order valence-electron chi connectivity index (χ0n) is 13.4. The lowest BCUT2D eigenvalue weighted by Crippen LogP contribution is -2.46. The van der Waals surface area contributed by atoms with Gasteiger partial charge in [-0.2, -0.15) is 9.57 Å². The van der Waals surface area contributed by atoms with E-state index in [1.54, 1.807) is 28.6 Å². The highest BCUT2D eigenvalue weighted by Gasteiger charge is 2.30. The van der Waals surface area contributed by atoms with Crippen LogP contribution in [0.3, 0.4) is 0 Å². The zero-order valence-corrected chi connectivity index (χ0v) is 15.0. The Balaban J connectivity index is 0.00000264. The molecule has 1 aliphatic rings. The topological polar surface area (TPSA) is 73.2 Å². The molecule has 1 aromatic carbocycles. The van der Waals surface area contributed by atoms with E-state index in [2.05, 4.69) is 11.4 Å². The van der Waals surface area contributed by atoms with E-state index in [0.717, 1.165) is 32.4 Å². The van der Waals surface area contributed by atoms with Gasteiger partial charge < -0.3 is 5.32 Å². The molecule has 0 bridgehead atoms. The van der Waals surface area contributed by atoms with Crippen LogP contribution in [-0.2, 0) is 15.8 Å². The van der Waals surface area contributed by atoms with Gasteiger partial charge in [0.05, 0.1) is 17.4 Å². The quantitative estimate of drug-likeness (QED) is 0.847. The van der Waals surface area contributed by atoms with Crippen LogP contribution in [0.5, 0.6) is 0 Å². The van der Waals surface area contributed by atoms with Crippen LogP contribution in [0.1, 0.15) is 37.3 Å². The second-order valence-electron chi connectivity index (χ2n) is 5.66. The summed E-state index contributed by atoms with van der Waals surface area (Å²) in [6.45, 7) is 4.29. The predicted octanol–water partition coefficient (Wildman–Crippen LogP) is 2.27. The molecule has 128 valence electrons. The van der Waals surface area contributed by atoms with E-state index >= 15 is 0 Å². The van der Waals surface area contributed by atoms with Crippen LogP contribution in [0.4, 0.5) is 0 Å². The number of nitrogens with zero attached hydrogens (tertiary/aromatic N) is 2. The van der Waals surface area contributed by atoms with Crippen molar-refractivity contribution in [2.45, 2.75) is 38.0 Å². The third kappa shape index (κ3) is 5.47. The van der Waals surface area contributed by atoms with Gasteiger partial charge in [0.15, 0.2) is 0 Å². The molecule has 0 unspecified atom stereocenters. The van der Waals surface area contributed by atoms with Crippen LogP contribution in [0, 0.1) is 11.3 Å². The van der Waals surface area contributed by atoms with Gasteiger partial charge in [0.1, 0.15) is 0 Å². The van der Waals surface area contributed by atoms with Crippen molar-refractivity contribution in [2.24, 2.45) is 0 Å². The molecule has 0 radical (unpaired) electrons. The van der Waals surface area contributed by atoms with Gasteiger partial charge >= 0.3 is 0 Å². The Morgan fingerprint density at radius 1 is 1.35 bits per heavy atom. The molecule has 0 aromatic heterocycles. The average Bonchev–Trinajstić information content (AvgIpc) is 2.53. The first-order chi connectivity index (χ1) is 10.6. The van der Waals surface area contributed by atoms with Crippen molar-refractivity contribution in [1.29, 1.82) is 5.26 Å². The van der Waals surface area contributed by atoms with E-state index in [9.17, 15) is 8.42 Å². The van der Waals surface area contributed by atoms with E-state index in [4.69, 9.17) is 5.26 Å². The molecular formula is C16H24ClN3O2S. The van der Waals surface area contributed by atoms with Crippen LogP contribution in [0.2, 0.25) is 0 Å². The number of piperidine rings is 1. The first-order valence-corrected chi connectivity index (χ1v) is 9.37. The monoisotopic (exact) mass is 357 g/mol. The Labute approximate surface area is 145 Å². The maximum atomic E-state index is 12.8. The molecule has 0 aliphatic carbocycles. The molecule has 1 aliphatic heterocycles. The maximum Gasteiger partial charge on any atom is 0.218 e. The van der Waals surface area contributed by atoms with Gasteiger partial charge in [-0.15, -0.1) is 12.4 Å². The van der Waals surface area contributed by atoms with Crippen molar-refractivity contribution < 1.29 is 8.42 Å². The summed E-state index contributed by atoms with van der Waals surface area (Å²) in [5.41, 5.74) is 1.17. The lowest BCUT2D eigenvalue weighted by Gasteiger charge is -2.33. The minimum atomic E-state index is -3.37. The molecule has 23 heavy (non-hydrogen) atoms. The minimum Gasteiger partial charge on any atom is -0.317 e. The first-order valence-electron chi connectivity index (χ1n) is 7.76. The first kappa shape index (κ1) is 19.9. The summed E-state index contributed by atoms with van der Waals surface area (Å²) in [6.07, 6.45) is 2.52. The largest absolute Gasteiger partial charge is 0.317 e. The Hall–Kier alpha value is -1.13. The fourth-order valence-corrected chi connectivity index (χ4v) is 4.78. The molecule has 1 heterocycles. The Morgan fingerprint density at radius 3 is 2.65 bits per heavy atom. The number of halogens is 1. The lowest BCUT2D eigenvalue weighted by molar-refractivity contribution is 0.262. The van der Waals surface area contributed by atoms with Crippen LogP contribution < -0.4 is 5.32 Å². The SMILES string of the molecule is CCCN(C1CCNCC1)S(=O)(=O)Cc1cccc(C#N)c1.Cl. The number of benzene rings is 1. The summed E-state index contributed by atoms with van der Waals surface area (Å²) in [5, 5.41) is 12.2. The van der Waals surface area contributed by atoms with Gasteiger partial charge in [0, 0.05) is 12.6 Å². The fourth-order valence-electron chi connectivity index (χ4n) is 2.89. The summed E-state index contributed by atoms with van der Waals surface area (Å²) >= 11 is 0. The standard InChI is InChI=1S/C16H23N3O2S.ClH/c1-2-10-19(16-6-8-18-9-7-16)22(20,21)13-15-5-3-4-14(11-15)12-17;/h3-5,11,16,18H,2,6-10,13H2,1H3;1H. The summed E-state index contributed by atoms with van der Waals surface area (Å²) in [7, 11) is -3.37. The van der Waals surface area contributed by atoms with Gasteiger partial charge in [-0.25, -0.2) is 8.42 Å². The second-order valence-corrected chi connectivity index (χ2v) is 7.58. The number of nitriles is 1.